The van der Waals surface area contributed by atoms with Gasteiger partial charge in [-0.25, -0.2) is 4.79 Å². The Labute approximate surface area is 200 Å². The molecule has 5 rings (SSSR count). The van der Waals surface area contributed by atoms with Crippen LogP contribution in [0.1, 0.15) is 48.4 Å². The number of rotatable bonds is 2. The van der Waals surface area contributed by atoms with E-state index in [1.807, 2.05) is 6.07 Å². The third-order valence-corrected chi connectivity index (χ3v) is 7.08. The molecule has 9 heteroatoms. The summed E-state index contributed by atoms with van der Waals surface area (Å²) in [5.74, 6) is -0.139. The number of halogens is 3. The van der Waals surface area contributed by atoms with Gasteiger partial charge in [0.2, 0.25) is 0 Å². The van der Waals surface area contributed by atoms with Crippen LogP contribution in [0, 0.1) is 16.7 Å². The van der Waals surface area contributed by atoms with E-state index in [1.165, 1.54) is 17.0 Å². The SMILES string of the molecule is N#Cc1ccc(C2NC(=O)N(c3cccc(C(F)(F)F)c3)C3=C2C(=O)CC2(CCOCC2)C3)cc1. The van der Waals surface area contributed by atoms with Crippen LogP contribution in [0.4, 0.5) is 23.7 Å². The molecule has 1 unspecified atom stereocenters. The molecule has 180 valence electrons. The largest absolute Gasteiger partial charge is 0.416 e. The summed E-state index contributed by atoms with van der Waals surface area (Å²) < 4.78 is 45.8. The molecule has 2 aromatic carbocycles. The Morgan fingerprint density at radius 1 is 1.06 bits per heavy atom. The molecule has 1 aliphatic carbocycles. The summed E-state index contributed by atoms with van der Waals surface area (Å²) >= 11 is 0. The predicted octanol–water partition coefficient (Wildman–Crippen LogP) is 5.26. The molecule has 0 radical (unpaired) electrons. The van der Waals surface area contributed by atoms with Crippen LogP contribution in [0.5, 0.6) is 0 Å². The molecule has 1 N–H and O–H groups in total. The van der Waals surface area contributed by atoms with Crippen molar-refractivity contribution in [2.24, 2.45) is 5.41 Å². The lowest BCUT2D eigenvalue weighted by molar-refractivity contribution is -0.137. The van der Waals surface area contributed by atoms with E-state index >= 15 is 0 Å². The first-order chi connectivity index (χ1) is 16.7. The second-order valence-electron chi connectivity index (χ2n) is 9.25. The number of benzene rings is 2. The van der Waals surface area contributed by atoms with Crippen molar-refractivity contribution in [1.29, 1.82) is 5.26 Å². The van der Waals surface area contributed by atoms with Gasteiger partial charge < -0.3 is 10.1 Å². The first kappa shape index (κ1) is 23.1. The maximum atomic E-state index is 13.6. The number of nitriles is 1. The summed E-state index contributed by atoms with van der Waals surface area (Å²) in [5, 5.41) is 11.9. The highest BCUT2D eigenvalue weighted by Gasteiger charge is 2.48. The number of nitrogens with zero attached hydrogens (tertiary/aromatic N) is 2. The highest BCUT2D eigenvalue weighted by atomic mass is 19.4. The van der Waals surface area contributed by atoms with Crippen LogP contribution < -0.4 is 10.2 Å². The molecule has 2 heterocycles. The number of allylic oxidation sites excluding steroid dienone is 1. The van der Waals surface area contributed by atoms with Gasteiger partial charge in [-0.3, -0.25) is 9.69 Å². The highest BCUT2D eigenvalue weighted by Crippen LogP contribution is 2.50. The third kappa shape index (κ3) is 4.19. The maximum Gasteiger partial charge on any atom is 0.416 e. The van der Waals surface area contributed by atoms with Gasteiger partial charge in [0.1, 0.15) is 0 Å². The molecular weight excluding hydrogens is 459 g/mol. The first-order valence-corrected chi connectivity index (χ1v) is 11.3. The lowest BCUT2D eigenvalue weighted by atomic mass is 9.66. The van der Waals surface area contributed by atoms with Crippen LogP contribution in [-0.4, -0.2) is 25.0 Å². The van der Waals surface area contributed by atoms with Gasteiger partial charge in [0.05, 0.1) is 28.9 Å². The Balaban J connectivity index is 1.65. The molecule has 1 fully saturated rings. The average Bonchev–Trinajstić information content (AvgIpc) is 2.83. The number of carbonyl (C=O) groups is 2. The zero-order valence-corrected chi connectivity index (χ0v) is 18.7. The predicted molar refractivity (Wildman–Crippen MR) is 120 cm³/mol. The Morgan fingerprint density at radius 3 is 2.43 bits per heavy atom. The number of hydrogen-bond acceptors (Lipinski definition) is 4. The summed E-state index contributed by atoms with van der Waals surface area (Å²) in [7, 11) is 0. The minimum absolute atomic E-state index is 0.0556. The van der Waals surface area contributed by atoms with Gasteiger partial charge in [-0.1, -0.05) is 18.2 Å². The van der Waals surface area contributed by atoms with Crippen LogP contribution in [0.2, 0.25) is 0 Å². The van der Waals surface area contributed by atoms with Crippen molar-refractivity contribution < 1.29 is 27.5 Å². The highest BCUT2D eigenvalue weighted by molar-refractivity contribution is 6.07. The molecule has 6 nitrogen and oxygen atoms in total. The number of anilines is 1. The minimum atomic E-state index is -4.57. The number of ketones is 1. The molecule has 2 amide bonds. The Bertz CT molecular complexity index is 1260. The molecule has 2 aromatic rings. The Morgan fingerprint density at radius 2 is 1.77 bits per heavy atom. The molecule has 2 aliphatic heterocycles. The Kier molecular flexibility index (Phi) is 5.64. The quantitative estimate of drug-likeness (QED) is 0.634. The van der Waals surface area contributed by atoms with Crippen molar-refractivity contribution in [3.63, 3.8) is 0 Å². The van der Waals surface area contributed by atoms with E-state index in [0.29, 0.717) is 54.9 Å². The van der Waals surface area contributed by atoms with Crippen LogP contribution in [-0.2, 0) is 15.7 Å². The van der Waals surface area contributed by atoms with Crippen molar-refractivity contribution in [2.75, 3.05) is 18.1 Å². The van der Waals surface area contributed by atoms with Gasteiger partial charge in [0.15, 0.2) is 5.78 Å². The lowest BCUT2D eigenvalue weighted by Gasteiger charge is -2.47. The molecule has 1 saturated heterocycles. The summed E-state index contributed by atoms with van der Waals surface area (Å²) in [5.41, 5.74) is 0.657. The van der Waals surface area contributed by atoms with Crippen LogP contribution >= 0.6 is 0 Å². The number of ether oxygens (including phenoxy) is 1. The number of alkyl halides is 3. The van der Waals surface area contributed by atoms with Crippen molar-refractivity contribution in [1.82, 2.24) is 5.32 Å². The summed E-state index contributed by atoms with van der Waals surface area (Å²) in [6.07, 6.45) is -2.64. The van der Waals surface area contributed by atoms with E-state index in [0.717, 1.165) is 12.1 Å². The second-order valence-corrected chi connectivity index (χ2v) is 9.25. The van der Waals surface area contributed by atoms with E-state index in [1.54, 1.807) is 24.3 Å². The number of Topliss-reactive ketones (excluding diaryl/α,β-unsaturated/α-hetero) is 1. The standard InChI is InChI=1S/C26H22F3N3O3/c27-26(28,29)18-2-1-3-19(12-18)32-20-13-25(8-10-35-11-9-25)14-21(33)22(20)23(31-24(32)34)17-6-4-16(15-30)5-7-17/h1-7,12,23H,8-11,13-14H2,(H,31,34). The van der Waals surface area contributed by atoms with Gasteiger partial charge in [-0.15, -0.1) is 0 Å². The van der Waals surface area contributed by atoms with E-state index in [4.69, 9.17) is 10.00 Å². The van der Waals surface area contributed by atoms with Crippen molar-refractivity contribution in [3.05, 3.63) is 76.5 Å². The van der Waals surface area contributed by atoms with Gasteiger partial charge in [0.25, 0.3) is 0 Å². The number of amides is 2. The van der Waals surface area contributed by atoms with Crippen molar-refractivity contribution in [2.45, 2.75) is 37.9 Å². The molecule has 1 atom stereocenters. The van der Waals surface area contributed by atoms with Crippen LogP contribution in [0.3, 0.4) is 0 Å². The average molecular weight is 481 g/mol. The summed E-state index contributed by atoms with van der Waals surface area (Å²) in [6, 6.07) is 11.8. The topological polar surface area (TPSA) is 82.4 Å². The zero-order valence-electron chi connectivity index (χ0n) is 18.7. The monoisotopic (exact) mass is 481 g/mol. The summed E-state index contributed by atoms with van der Waals surface area (Å²) in [4.78, 5) is 28.2. The lowest BCUT2D eigenvalue weighted by Crippen LogP contribution is -2.52. The van der Waals surface area contributed by atoms with Crippen molar-refractivity contribution in [3.8, 4) is 6.07 Å². The minimum Gasteiger partial charge on any atom is -0.381 e. The first-order valence-electron chi connectivity index (χ1n) is 11.3. The van der Waals surface area contributed by atoms with E-state index < -0.39 is 29.2 Å². The van der Waals surface area contributed by atoms with Gasteiger partial charge in [-0.05, 0) is 60.6 Å². The fourth-order valence-corrected chi connectivity index (χ4v) is 5.27. The molecule has 0 aromatic heterocycles. The second kappa shape index (κ2) is 8.54. The molecule has 1 spiro atoms. The van der Waals surface area contributed by atoms with Gasteiger partial charge in [0, 0.05) is 30.9 Å². The molecular formula is C26H22F3N3O3. The molecule has 0 saturated carbocycles. The van der Waals surface area contributed by atoms with Crippen LogP contribution in [0.15, 0.2) is 59.8 Å². The molecule has 35 heavy (non-hydrogen) atoms. The molecule has 3 aliphatic rings. The van der Waals surface area contributed by atoms with E-state index in [9.17, 15) is 22.8 Å². The number of nitrogens with one attached hydrogen (secondary N) is 1. The molecule has 0 bridgehead atoms. The number of urea groups is 1. The smallest absolute Gasteiger partial charge is 0.381 e. The van der Waals surface area contributed by atoms with Crippen molar-refractivity contribution >= 4 is 17.5 Å². The summed E-state index contributed by atoms with van der Waals surface area (Å²) in [6.45, 7) is 0.982. The number of hydrogen-bond donors (Lipinski definition) is 1. The maximum absolute atomic E-state index is 13.6. The van der Waals surface area contributed by atoms with Gasteiger partial charge >= 0.3 is 12.2 Å². The van der Waals surface area contributed by atoms with E-state index in [2.05, 4.69) is 5.32 Å². The van der Waals surface area contributed by atoms with E-state index in [-0.39, 0.29) is 17.9 Å². The third-order valence-electron chi connectivity index (χ3n) is 7.08. The van der Waals surface area contributed by atoms with Crippen LogP contribution in [0.25, 0.3) is 0 Å². The fourth-order valence-electron chi connectivity index (χ4n) is 5.27. The van der Waals surface area contributed by atoms with Gasteiger partial charge in [-0.2, -0.15) is 18.4 Å². The zero-order chi connectivity index (χ0) is 24.8. The fraction of sp³-hybridized carbons (Fsp3) is 0.346. The number of carbonyl (C=O) groups excluding carboxylic acids is 2. The Hall–Kier alpha value is -3.64. The normalized spacial score (nSPS) is 22.0.